The minimum Gasteiger partial charge on any atom is -0.355 e. The summed E-state index contributed by atoms with van der Waals surface area (Å²) in [6.45, 7) is 6.70. The number of anilines is 1. The van der Waals surface area contributed by atoms with E-state index in [0.717, 1.165) is 38.1 Å². The fraction of sp³-hybridized carbons (Fsp3) is 0.611. The minimum absolute atomic E-state index is 0. The van der Waals surface area contributed by atoms with Crippen LogP contribution in [0.15, 0.2) is 29.3 Å². The van der Waals surface area contributed by atoms with E-state index in [9.17, 15) is 0 Å². The summed E-state index contributed by atoms with van der Waals surface area (Å²) in [4.78, 5) is 9.40. The molecular formula is C18H29IN4. The molecular weight excluding hydrogens is 399 g/mol. The number of rotatable bonds is 3. The normalized spacial score (nSPS) is 21.7. The average Bonchev–Trinajstić information content (AvgIpc) is 2.97. The number of piperidine rings is 1. The number of hydrogen-bond acceptors (Lipinski definition) is 2. The van der Waals surface area contributed by atoms with Gasteiger partial charge in [-0.3, -0.25) is 9.89 Å². The number of likely N-dealkylation sites (tertiary alicyclic amines) is 1. The van der Waals surface area contributed by atoms with E-state index in [1.807, 2.05) is 7.05 Å². The highest BCUT2D eigenvalue weighted by atomic mass is 127. The van der Waals surface area contributed by atoms with Gasteiger partial charge in [0.25, 0.3) is 0 Å². The number of guanidine groups is 1. The van der Waals surface area contributed by atoms with Gasteiger partial charge in [-0.1, -0.05) is 24.6 Å². The zero-order valence-electron chi connectivity index (χ0n) is 14.3. The summed E-state index contributed by atoms with van der Waals surface area (Å²) >= 11 is 0. The van der Waals surface area contributed by atoms with Crippen molar-refractivity contribution < 1.29 is 0 Å². The van der Waals surface area contributed by atoms with Crippen LogP contribution in [0.3, 0.4) is 0 Å². The third kappa shape index (κ3) is 4.38. The van der Waals surface area contributed by atoms with Crippen LogP contribution in [0, 0.1) is 0 Å². The van der Waals surface area contributed by atoms with Crippen molar-refractivity contribution in [2.75, 3.05) is 38.1 Å². The van der Waals surface area contributed by atoms with Crippen LogP contribution < -0.4 is 10.2 Å². The Balaban J connectivity index is 0.00000192. The molecule has 1 saturated heterocycles. The molecule has 0 aromatic heterocycles. The van der Waals surface area contributed by atoms with E-state index in [-0.39, 0.29) is 24.0 Å². The first-order chi connectivity index (χ1) is 10.8. The molecule has 2 aliphatic rings. The summed E-state index contributed by atoms with van der Waals surface area (Å²) in [7, 11) is 1.88. The lowest BCUT2D eigenvalue weighted by Gasteiger charge is -2.33. The summed E-state index contributed by atoms with van der Waals surface area (Å²) in [5.74, 6) is 1.01. The van der Waals surface area contributed by atoms with Crippen molar-refractivity contribution in [1.82, 2.24) is 10.2 Å². The Morgan fingerprint density at radius 2 is 2.09 bits per heavy atom. The van der Waals surface area contributed by atoms with E-state index in [1.165, 1.54) is 37.1 Å². The van der Waals surface area contributed by atoms with Crippen molar-refractivity contribution in [2.45, 2.75) is 38.6 Å². The molecule has 0 saturated carbocycles. The lowest BCUT2D eigenvalue weighted by Crippen LogP contribution is -2.46. The molecule has 0 spiro atoms. The highest BCUT2D eigenvalue weighted by Crippen LogP contribution is 2.27. The molecule has 1 N–H and O–H groups in total. The topological polar surface area (TPSA) is 30.9 Å². The zero-order chi connectivity index (χ0) is 15.4. The van der Waals surface area contributed by atoms with Crippen molar-refractivity contribution in [1.29, 1.82) is 0 Å². The first-order valence-corrected chi connectivity index (χ1v) is 8.59. The summed E-state index contributed by atoms with van der Waals surface area (Å²) < 4.78 is 0. The largest absolute Gasteiger partial charge is 0.355 e. The van der Waals surface area contributed by atoms with Crippen molar-refractivity contribution in [3.8, 4) is 0 Å². The van der Waals surface area contributed by atoms with Gasteiger partial charge in [0.15, 0.2) is 5.96 Å². The monoisotopic (exact) mass is 428 g/mol. The van der Waals surface area contributed by atoms with Gasteiger partial charge in [0.1, 0.15) is 0 Å². The molecule has 3 rings (SSSR count). The summed E-state index contributed by atoms with van der Waals surface area (Å²) in [6.07, 6.45) is 5.18. The van der Waals surface area contributed by atoms with Gasteiger partial charge in [0.05, 0.1) is 0 Å². The third-order valence-corrected chi connectivity index (χ3v) is 4.98. The number of para-hydroxylation sites is 1. The average molecular weight is 428 g/mol. The number of fused-ring (bicyclic) bond motifs is 1. The quantitative estimate of drug-likeness (QED) is 0.456. The molecule has 0 aliphatic carbocycles. The van der Waals surface area contributed by atoms with Crippen molar-refractivity contribution in [2.24, 2.45) is 4.99 Å². The fourth-order valence-electron chi connectivity index (χ4n) is 3.65. The second-order valence-corrected chi connectivity index (χ2v) is 6.39. The molecule has 1 fully saturated rings. The maximum Gasteiger partial charge on any atom is 0.198 e. The van der Waals surface area contributed by atoms with Gasteiger partial charge < -0.3 is 10.2 Å². The second-order valence-electron chi connectivity index (χ2n) is 6.39. The molecule has 1 atom stereocenters. The molecule has 4 nitrogen and oxygen atoms in total. The molecule has 1 aromatic carbocycles. The number of halogens is 1. The first kappa shape index (κ1) is 18.5. The third-order valence-electron chi connectivity index (χ3n) is 4.98. The molecule has 0 radical (unpaired) electrons. The Bertz CT molecular complexity index is 532. The predicted octanol–water partition coefficient (Wildman–Crippen LogP) is 3.12. The van der Waals surface area contributed by atoms with Gasteiger partial charge in [-0.2, -0.15) is 0 Å². The lowest BCUT2D eigenvalue weighted by atomic mass is 10.0. The Hall–Kier alpha value is -0.820. The summed E-state index contributed by atoms with van der Waals surface area (Å²) in [5, 5.41) is 3.55. The van der Waals surface area contributed by atoms with E-state index in [1.54, 1.807) is 0 Å². The highest BCUT2D eigenvalue weighted by Gasteiger charge is 2.23. The predicted molar refractivity (Wildman–Crippen MR) is 109 cm³/mol. The van der Waals surface area contributed by atoms with Gasteiger partial charge in [0.2, 0.25) is 0 Å². The fourth-order valence-corrected chi connectivity index (χ4v) is 3.65. The van der Waals surface area contributed by atoms with Gasteiger partial charge in [-0.05, 0) is 44.4 Å². The molecule has 2 aliphatic heterocycles. The van der Waals surface area contributed by atoms with Crippen LogP contribution in [0.4, 0.5) is 5.69 Å². The minimum atomic E-state index is 0. The van der Waals surface area contributed by atoms with Crippen LogP contribution in [0.2, 0.25) is 0 Å². The number of benzene rings is 1. The van der Waals surface area contributed by atoms with Crippen molar-refractivity contribution in [3.63, 3.8) is 0 Å². The van der Waals surface area contributed by atoms with Gasteiger partial charge in [-0.25, -0.2) is 0 Å². The highest BCUT2D eigenvalue weighted by molar-refractivity contribution is 14.0. The Kier molecular flexibility index (Phi) is 7.14. The van der Waals surface area contributed by atoms with Crippen LogP contribution in [0.25, 0.3) is 0 Å². The Morgan fingerprint density at radius 1 is 1.26 bits per heavy atom. The number of nitrogens with zero attached hydrogens (tertiary/aromatic N) is 3. The molecule has 0 amide bonds. The Labute approximate surface area is 157 Å². The first-order valence-electron chi connectivity index (χ1n) is 8.59. The van der Waals surface area contributed by atoms with E-state index in [2.05, 4.69) is 51.3 Å². The van der Waals surface area contributed by atoms with Crippen LogP contribution >= 0.6 is 24.0 Å². The smallest absolute Gasteiger partial charge is 0.198 e. The van der Waals surface area contributed by atoms with Gasteiger partial charge in [-0.15, -0.1) is 24.0 Å². The van der Waals surface area contributed by atoms with E-state index in [0.29, 0.717) is 0 Å². The maximum absolute atomic E-state index is 4.48. The Morgan fingerprint density at radius 3 is 2.87 bits per heavy atom. The molecule has 5 heteroatoms. The number of hydrogen-bond donors (Lipinski definition) is 1. The number of aliphatic imine (C=N–C) groups is 1. The van der Waals surface area contributed by atoms with Crippen molar-refractivity contribution >= 4 is 35.6 Å². The van der Waals surface area contributed by atoms with Crippen LogP contribution in [0.1, 0.15) is 31.7 Å². The van der Waals surface area contributed by atoms with Crippen LogP contribution in [-0.2, 0) is 6.42 Å². The van der Waals surface area contributed by atoms with Gasteiger partial charge in [0, 0.05) is 38.4 Å². The zero-order valence-corrected chi connectivity index (χ0v) is 16.6. The van der Waals surface area contributed by atoms with E-state index in [4.69, 9.17) is 0 Å². The molecule has 2 heterocycles. The van der Waals surface area contributed by atoms with Crippen LogP contribution in [-0.4, -0.2) is 50.1 Å². The van der Waals surface area contributed by atoms with Crippen LogP contribution in [0.5, 0.6) is 0 Å². The van der Waals surface area contributed by atoms with Gasteiger partial charge >= 0.3 is 0 Å². The molecule has 23 heavy (non-hydrogen) atoms. The summed E-state index contributed by atoms with van der Waals surface area (Å²) in [6, 6.07) is 9.38. The maximum atomic E-state index is 4.48. The standard InChI is InChI=1S/C18H28N4.HI/c1-15-7-5-6-12-21(15)14-11-20-18(19-2)22-13-10-16-8-3-4-9-17(16)22;/h3-4,8-9,15H,5-7,10-14H2,1-2H3,(H,19,20);1H. The van der Waals surface area contributed by atoms with E-state index >= 15 is 0 Å². The molecule has 128 valence electrons. The lowest BCUT2D eigenvalue weighted by molar-refractivity contribution is 0.164. The molecule has 1 aromatic rings. The summed E-state index contributed by atoms with van der Waals surface area (Å²) in [5.41, 5.74) is 2.73. The molecule has 1 unspecified atom stereocenters. The SMILES string of the molecule is CN=C(NCCN1CCCCC1C)N1CCc2ccccc21.I. The van der Waals surface area contributed by atoms with E-state index < -0.39 is 0 Å². The number of nitrogens with one attached hydrogen (secondary N) is 1. The molecule has 0 bridgehead atoms. The van der Waals surface area contributed by atoms with Crippen molar-refractivity contribution in [3.05, 3.63) is 29.8 Å². The second kappa shape index (κ2) is 8.87.